The number of amides is 1. The molecule has 0 saturated carbocycles. The van der Waals surface area contributed by atoms with E-state index in [2.05, 4.69) is 16.6 Å². The fourth-order valence-corrected chi connectivity index (χ4v) is 1.77. The quantitative estimate of drug-likeness (QED) is 0.784. The molecule has 1 aromatic carbocycles. The molecule has 0 saturated heterocycles. The molecule has 22 heavy (non-hydrogen) atoms. The van der Waals surface area contributed by atoms with E-state index in [-0.39, 0.29) is 18.2 Å². The Kier molecular flexibility index (Phi) is 6.27. The number of nitrogens with zero attached hydrogens (tertiary/aromatic N) is 1. The van der Waals surface area contributed by atoms with E-state index in [1.54, 1.807) is 4.90 Å². The van der Waals surface area contributed by atoms with Crippen molar-refractivity contribution in [3.63, 3.8) is 0 Å². The van der Waals surface area contributed by atoms with Gasteiger partial charge in [-0.05, 0) is 38.1 Å². The number of carbonyl (C=O) groups is 1. The maximum atomic E-state index is 12.0. The van der Waals surface area contributed by atoms with Crippen LogP contribution in [-0.2, 0) is 4.79 Å². The molecular weight excluding hydrogens is 297 g/mol. The lowest BCUT2D eigenvalue weighted by Crippen LogP contribution is -2.36. The molecule has 0 heterocycles. The van der Waals surface area contributed by atoms with Gasteiger partial charge in [-0.15, -0.1) is 13.2 Å². The highest BCUT2D eigenvalue weighted by molar-refractivity contribution is 5.81. The van der Waals surface area contributed by atoms with Crippen LogP contribution in [0.3, 0.4) is 0 Å². The minimum Gasteiger partial charge on any atom is -0.406 e. The average molecular weight is 316 g/mol. The van der Waals surface area contributed by atoms with Crippen molar-refractivity contribution in [2.24, 2.45) is 0 Å². The first kappa shape index (κ1) is 17.9. The maximum Gasteiger partial charge on any atom is 0.573 e. The number of benzene rings is 1. The first-order chi connectivity index (χ1) is 10.2. The van der Waals surface area contributed by atoms with E-state index in [9.17, 15) is 18.0 Å². The third-order valence-electron chi connectivity index (χ3n) is 2.73. The summed E-state index contributed by atoms with van der Waals surface area (Å²) in [6.45, 7) is 8.56. The molecule has 0 radical (unpaired) electrons. The second-order valence-electron chi connectivity index (χ2n) is 4.79. The molecule has 0 aromatic heterocycles. The van der Waals surface area contributed by atoms with E-state index in [1.165, 1.54) is 24.3 Å². The van der Waals surface area contributed by atoms with Crippen LogP contribution in [-0.4, -0.2) is 36.8 Å². The highest BCUT2D eigenvalue weighted by Gasteiger charge is 2.30. The molecule has 7 heteroatoms. The molecule has 0 bridgehead atoms. The van der Waals surface area contributed by atoms with Crippen molar-refractivity contribution in [1.82, 2.24) is 4.90 Å². The molecule has 4 nitrogen and oxygen atoms in total. The molecular formula is C15H19F3N2O2. The second kappa shape index (κ2) is 7.72. The minimum absolute atomic E-state index is 0.0561. The third-order valence-corrected chi connectivity index (χ3v) is 2.73. The van der Waals surface area contributed by atoms with Crippen LogP contribution >= 0.6 is 0 Å². The van der Waals surface area contributed by atoms with Crippen LogP contribution in [0.1, 0.15) is 13.8 Å². The summed E-state index contributed by atoms with van der Waals surface area (Å²) in [5, 5.41) is 2.86. The Labute approximate surface area is 127 Å². The predicted molar refractivity (Wildman–Crippen MR) is 78.7 cm³/mol. The number of rotatable bonds is 7. The van der Waals surface area contributed by atoms with Gasteiger partial charge in [-0.25, -0.2) is 0 Å². The van der Waals surface area contributed by atoms with E-state index in [4.69, 9.17) is 0 Å². The van der Waals surface area contributed by atoms with Crippen LogP contribution in [0.4, 0.5) is 18.9 Å². The summed E-state index contributed by atoms with van der Waals surface area (Å²) in [4.78, 5) is 13.6. The van der Waals surface area contributed by atoms with Gasteiger partial charge in [0.2, 0.25) is 5.91 Å². The maximum absolute atomic E-state index is 12.0. The van der Waals surface area contributed by atoms with E-state index >= 15 is 0 Å². The zero-order chi connectivity index (χ0) is 16.8. The first-order valence-corrected chi connectivity index (χ1v) is 6.73. The predicted octanol–water partition coefficient (Wildman–Crippen LogP) is 3.42. The fraction of sp³-hybridized carbons (Fsp3) is 0.400. The molecule has 0 unspecified atom stereocenters. The largest absolute Gasteiger partial charge is 0.573 e. The Balaban J connectivity index is 2.54. The molecule has 1 aromatic rings. The van der Waals surface area contributed by atoms with Crippen molar-refractivity contribution in [2.45, 2.75) is 20.2 Å². The van der Waals surface area contributed by atoms with Gasteiger partial charge in [0.25, 0.3) is 0 Å². The normalized spacial score (nSPS) is 11.0. The summed E-state index contributed by atoms with van der Waals surface area (Å²) in [6, 6.07) is 5.21. The summed E-state index contributed by atoms with van der Waals surface area (Å²) in [7, 11) is 0. The number of carbonyl (C=O) groups excluding carboxylic acids is 1. The van der Waals surface area contributed by atoms with Gasteiger partial charge in [-0.3, -0.25) is 4.79 Å². The number of likely N-dealkylation sites (N-methyl/N-ethyl adjacent to an activating group) is 1. The molecule has 0 aliphatic heterocycles. The highest BCUT2D eigenvalue weighted by atomic mass is 19.4. The second-order valence-corrected chi connectivity index (χ2v) is 4.79. The van der Waals surface area contributed by atoms with Crippen molar-refractivity contribution in [1.29, 1.82) is 0 Å². The minimum atomic E-state index is -4.71. The summed E-state index contributed by atoms with van der Waals surface area (Å²) < 4.78 is 39.9. The molecule has 0 aliphatic carbocycles. The smallest absolute Gasteiger partial charge is 0.406 e. The van der Waals surface area contributed by atoms with Gasteiger partial charge in [0, 0.05) is 18.8 Å². The van der Waals surface area contributed by atoms with Crippen molar-refractivity contribution in [3.8, 4) is 5.75 Å². The van der Waals surface area contributed by atoms with Crippen LogP contribution in [0.2, 0.25) is 0 Å². The van der Waals surface area contributed by atoms with E-state index < -0.39 is 6.36 Å². The number of halogens is 3. The zero-order valence-corrected chi connectivity index (χ0v) is 12.5. The standard InChI is InChI=1S/C15H19F3N2O2/c1-4-20(10-11(2)3)14(21)9-19-12-5-7-13(8-6-12)22-15(16,17)18/h5-8,19H,2,4,9-10H2,1,3H3. The molecule has 0 fully saturated rings. The van der Waals surface area contributed by atoms with Crippen LogP contribution in [0, 0.1) is 0 Å². The van der Waals surface area contributed by atoms with E-state index in [0.717, 1.165) is 5.57 Å². The van der Waals surface area contributed by atoms with Crippen molar-refractivity contribution < 1.29 is 22.7 Å². The van der Waals surface area contributed by atoms with Gasteiger partial charge >= 0.3 is 6.36 Å². The Morgan fingerprint density at radius 1 is 1.32 bits per heavy atom. The van der Waals surface area contributed by atoms with Crippen LogP contribution in [0.25, 0.3) is 0 Å². The Morgan fingerprint density at radius 3 is 2.36 bits per heavy atom. The van der Waals surface area contributed by atoms with E-state index in [1.807, 2.05) is 13.8 Å². The van der Waals surface area contributed by atoms with Gasteiger partial charge < -0.3 is 15.0 Å². The monoisotopic (exact) mass is 316 g/mol. The number of ether oxygens (including phenoxy) is 1. The van der Waals surface area contributed by atoms with Crippen molar-refractivity contribution in [3.05, 3.63) is 36.4 Å². The molecule has 0 atom stereocenters. The summed E-state index contributed by atoms with van der Waals surface area (Å²) in [5.74, 6) is -0.414. The number of hydrogen-bond donors (Lipinski definition) is 1. The topological polar surface area (TPSA) is 41.6 Å². The third kappa shape index (κ3) is 6.51. The van der Waals surface area contributed by atoms with Crippen LogP contribution in [0.5, 0.6) is 5.75 Å². The Bertz CT molecular complexity index is 513. The number of alkyl halides is 3. The summed E-state index contributed by atoms with van der Waals surface area (Å²) in [5.41, 5.74) is 1.41. The molecule has 1 rings (SSSR count). The first-order valence-electron chi connectivity index (χ1n) is 6.73. The number of hydrogen-bond acceptors (Lipinski definition) is 3. The van der Waals surface area contributed by atoms with E-state index in [0.29, 0.717) is 18.8 Å². The zero-order valence-electron chi connectivity index (χ0n) is 12.5. The molecule has 0 aliphatic rings. The van der Waals surface area contributed by atoms with Crippen molar-refractivity contribution in [2.75, 3.05) is 25.0 Å². The fourth-order valence-electron chi connectivity index (χ4n) is 1.77. The van der Waals surface area contributed by atoms with Gasteiger partial charge in [-0.2, -0.15) is 0 Å². The van der Waals surface area contributed by atoms with Crippen LogP contribution in [0.15, 0.2) is 36.4 Å². The number of nitrogens with one attached hydrogen (secondary N) is 1. The van der Waals surface area contributed by atoms with Gasteiger partial charge in [0.1, 0.15) is 5.75 Å². The highest BCUT2D eigenvalue weighted by Crippen LogP contribution is 2.23. The van der Waals surface area contributed by atoms with Gasteiger partial charge in [0.15, 0.2) is 0 Å². The summed E-state index contributed by atoms with van der Waals surface area (Å²) in [6.07, 6.45) is -4.71. The average Bonchev–Trinajstić information content (AvgIpc) is 2.41. The lowest BCUT2D eigenvalue weighted by atomic mass is 10.3. The molecule has 0 spiro atoms. The van der Waals surface area contributed by atoms with Gasteiger partial charge in [-0.1, -0.05) is 12.2 Å². The molecule has 122 valence electrons. The summed E-state index contributed by atoms with van der Waals surface area (Å²) >= 11 is 0. The number of anilines is 1. The Hall–Kier alpha value is -2.18. The molecule has 1 N–H and O–H groups in total. The Morgan fingerprint density at radius 2 is 1.91 bits per heavy atom. The van der Waals surface area contributed by atoms with Gasteiger partial charge in [0.05, 0.1) is 6.54 Å². The lowest BCUT2D eigenvalue weighted by molar-refractivity contribution is -0.274. The van der Waals surface area contributed by atoms with Crippen molar-refractivity contribution >= 4 is 11.6 Å². The lowest BCUT2D eigenvalue weighted by Gasteiger charge is -2.21. The molecule has 1 amide bonds. The van der Waals surface area contributed by atoms with Crippen LogP contribution < -0.4 is 10.1 Å². The SMILES string of the molecule is C=C(C)CN(CC)C(=O)CNc1ccc(OC(F)(F)F)cc1.